The van der Waals surface area contributed by atoms with Crippen LogP contribution in [0.15, 0.2) is 57.5 Å². The maximum Gasteiger partial charge on any atom is 0.220 e. The molecular formula is C43H60N2O6. The summed E-state index contributed by atoms with van der Waals surface area (Å²) in [6.45, 7) is 32.9. The quantitative estimate of drug-likeness (QED) is 0.334. The molecule has 8 nitrogen and oxygen atoms in total. The summed E-state index contributed by atoms with van der Waals surface area (Å²) in [7, 11) is 1.68. The number of benzene rings is 2. The van der Waals surface area contributed by atoms with Gasteiger partial charge in [-0.1, -0.05) is 81.4 Å². The SMILES string of the molecule is CC1(C)COC(c2ccc(C3=C(C(C)(C)C)C(C)(C)CO3)cc2O)=N1.COc1cc(C2=C(C(C)(C)C)C(C)(C)CO2)ccc1C1=NC(C)(C)CO1. The van der Waals surface area contributed by atoms with Gasteiger partial charge in [-0.05, 0) is 73.9 Å². The maximum atomic E-state index is 10.6. The van der Waals surface area contributed by atoms with Crippen molar-refractivity contribution in [2.24, 2.45) is 31.6 Å². The number of aliphatic imine (C=N–C) groups is 2. The molecule has 1 N–H and O–H groups in total. The predicted molar refractivity (Wildman–Crippen MR) is 206 cm³/mol. The summed E-state index contributed by atoms with van der Waals surface area (Å²) in [5.41, 5.74) is 5.65. The average molecular weight is 701 g/mol. The predicted octanol–water partition coefficient (Wildman–Crippen LogP) is 9.83. The standard InChI is InChI=1S/C22H31NO3.C21H29NO3/c1-20(2,3)18-17(25-12-21(18,4)5)14-9-10-15(16(11-14)24-8)19-23-22(6,7)13-26-19;1-19(2,3)17-16(24-11-20(17,4)5)13-8-9-14(15(23)10-13)18-22-21(6,7)12-25-18/h9-11H,12-13H2,1-8H3;8-10,23H,11-12H2,1-7H3. The van der Waals surface area contributed by atoms with Gasteiger partial charge in [0.25, 0.3) is 0 Å². The van der Waals surface area contributed by atoms with E-state index in [4.69, 9.17) is 23.7 Å². The number of aromatic hydroxyl groups is 1. The Morgan fingerprint density at radius 2 is 1.00 bits per heavy atom. The van der Waals surface area contributed by atoms with Crippen LogP contribution in [0.4, 0.5) is 0 Å². The third-order valence-electron chi connectivity index (χ3n) is 9.58. The van der Waals surface area contributed by atoms with Crippen molar-refractivity contribution in [2.45, 2.75) is 108 Å². The Morgan fingerprint density at radius 3 is 1.37 bits per heavy atom. The van der Waals surface area contributed by atoms with Crippen LogP contribution < -0.4 is 4.74 Å². The van der Waals surface area contributed by atoms with Crippen LogP contribution >= 0.6 is 0 Å². The van der Waals surface area contributed by atoms with E-state index in [9.17, 15) is 5.11 Å². The molecule has 0 aliphatic carbocycles. The lowest BCUT2D eigenvalue weighted by atomic mass is 9.71. The summed E-state index contributed by atoms with van der Waals surface area (Å²) in [6.07, 6.45) is 0. The molecule has 4 aliphatic heterocycles. The normalized spacial score (nSPS) is 21.5. The first kappa shape index (κ1) is 38.3. The minimum absolute atomic E-state index is 0.00764. The number of hydrogen-bond acceptors (Lipinski definition) is 8. The van der Waals surface area contributed by atoms with Crippen molar-refractivity contribution in [2.75, 3.05) is 33.5 Å². The number of ether oxygens (including phenoxy) is 5. The third-order valence-corrected chi connectivity index (χ3v) is 9.58. The molecule has 0 bridgehead atoms. The van der Waals surface area contributed by atoms with E-state index in [2.05, 4.69) is 99.1 Å². The Hall–Kier alpha value is -3.94. The highest BCUT2D eigenvalue weighted by Gasteiger charge is 2.43. The van der Waals surface area contributed by atoms with Crippen LogP contribution in [0.1, 0.15) is 119 Å². The van der Waals surface area contributed by atoms with Gasteiger partial charge in [0.2, 0.25) is 11.8 Å². The lowest BCUT2D eigenvalue weighted by molar-refractivity contribution is 0.213. The number of phenolic OH excluding ortho intramolecular Hbond substituents is 1. The highest BCUT2D eigenvalue weighted by molar-refractivity contribution is 5.99. The molecule has 0 atom stereocenters. The zero-order chi connectivity index (χ0) is 37.9. The fourth-order valence-corrected chi connectivity index (χ4v) is 7.88. The molecule has 6 rings (SSSR count). The van der Waals surface area contributed by atoms with Crippen molar-refractivity contribution in [1.82, 2.24) is 0 Å². The molecule has 4 aliphatic rings. The van der Waals surface area contributed by atoms with Crippen molar-refractivity contribution in [3.63, 3.8) is 0 Å². The van der Waals surface area contributed by atoms with Crippen LogP contribution in [0.2, 0.25) is 0 Å². The van der Waals surface area contributed by atoms with Crippen molar-refractivity contribution in [1.29, 1.82) is 0 Å². The summed E-state index contributed by atoms with van der Waals surface area (Å²) >= 11 is 0. The topological polar surface area (TPSA) is 91.1 Å². The number of hydrogen-bond donors (Lipinski definition) is 1. The van der Waals surface area contributed by atoms with Gasteiger partial charge in [0.05, 0.1) is 42.5 Å². The molecule has 2 aromatic carbocycles. The van der Waals surface area contributed by atoms with Gasteiger partial charge in [-0.3, -0.25) is 0 Å². The van der Waals surface area contributed by atoms with Crippen molar-refractivity contribution in [3.8, 4) is 11.5 Å². The van der Waals surface area contributed by atoms with Crippen LogP contribution in [0.3, 0.4) is 0 Å². The zero-order valence-corrected chi connectivity index (χ0v) is 33.7. The fourth-order valence-electron chi connectivity index (χ4n) is 7.88. The van der Waals surface area contributed by atoms with Gasteiger partial charge in [0.15, 0.2) is 0 Å². The van der Waals surface area contributed by atoms with E-state index in [1.807, 2.05) is 38.1 Å². The Morgan fingerprint density at radius 1 is 0.588 bits per heavy atom. The van der Waals surface area contributed by atoms with Crippen LogP contribution in [-0.4, -0.2) is 61.5 Å². The molecular weight excluding hydrogens is 640 g/mol. The largest absolute Gasteiger partial charge is 0.507 e. The lowest BCUT2D eigenvalue weighted by Crippen LogP contribution is -2.24. The van der Waals surface area contributed by atoms with Gasteiger partial charge in [0, 0.05) is 22.0 Å². The Kier molecular flexibility index (Phi) is 9.71. The Labute approximate surface area is 306 Å². The first-order valence-corrected chi connectivity index (χ1v) is 18.1. The van der Waals surface area contributed by atoms with Gasteiger partial charge < -0.3 is 28.8 Å². The molecule has 0 unspecified atom stereocenters. The van der Waals surface area contributed by atoms with Crippen molar-refractivity contribution in [3.05, 3.63) is 69.8 Å². The smallest absolute Gasteiger partial charge is 0.220 e. The van der Waals surface area contributed by atoms with E-state index in [-0.39, 0.29) is 38.5 Å². The van der Waals surface area contributed by atoms with Crippen LogP contribution in [-0.2, 0) is 18.9 Å². The second-order valence-corrected chi connectivity index (χ2v) is 18.9. The third kappa shape index (κ3) is 7.95. The lowest BCUT2D eigenvalue weighted by Gasteiger charge is -2.31. The molecule has 0 fully saturated rings. The average Bonchev–Trinajstić information content (AvgIpc) is 3.74. The molecule has 0 saturated heterocycles. The fraction of sp³-hybridized carbons (Fsp3) is 0.581. The Balaban J connectivity index is 0.000000198. The second-order valence-electron chi connectivity index (χ2n) is 18.9. The monoisotopic (exact) mass is 700 g/mol. The van der Waals surface area contributed by atoms with E-state index >= 15 is 0 Å². The van der Waals surface area contributed by atoms with E-state index in [1.54, 1.807) is 13.2 Å². The minimum Gasteiger partial charge on any atom is -0.507 e. The molecule has 278 valence electrons. The highest BCUT2D eigenvalue weighted by Crippen LogP contribution is 2.51. The molecule has 0 spiro atoms. The molecule has 8 heteroatoms. The zero-order valence-electron chi connectivity index (χ0n) is 33.7. The molecule has 0 radical (unpaired) electrons. The van der Waals surface area contributed by atoms with Gasteiger partial charge in [-0.25, -0.2) is 9.98 Å². The number of phenols is 1. The first-order chi connectivity index (χ1) is 23.4. The molecule has 0 saturated carbocycles. The summed E-state index contributed by atoms with van der Waals surface area (Å²) in [5.74, 6) is 3.94. The minimum atomic E-state index is -0.249. The summed E-state index contributed by atoms with van der Waals surface area (Å²) < 4.78 is 29.3. The first-order valence-electron chi connectivity index (χ1n) is 18.1. The highest BCUT2D eigenvalue weighted by atomic mass is 16.5. The molecule has 0 aromatic heterocycles. The Bertz CT molecular complexity index is 1810. The summed E-state index contributed by atoms with van der Waals surface area (Å²) in [4.78, 5) is 9.22. The van der Waals surface area contributed by atoms with Gasteiger partial charge in [-0.15, -0.1) is 0 Å². The van der Waals surface area contributed by atoms with Gasteiger partial charge in [0.1, 0.15) is 36.2 Å². The molecule has 4 heterocycles. The van der Waals surface area contributed by atoms with Gasteiger partial charge >= 0.3 is 0 Å². The molecule has 0 amide bonds. The van der Waals surface area contributed by atoms with E-state index in [0.717, 1.165) is 34.0 Å². The van der Waals surface area contributed by atoms with E-state index in [0.29, 0.717) is 43.8 Å². The maximum absolute atomic E-state index is 10.6. The second kappa shape index (κ2) is 12.9. The van der Waals surface area contributed by atoms with E-state index < -0.39 is 0 Å². The van der Waals surface area contributed by atoms with Gasteiger partial charge in [-0.2, -0.15) is 0 Å². The van der Waals surface area contributed by atoms with Crippen LogP contribution in [0, 0.1) is 21.7 Å². The number of rotatable bonds is 5. The molecule has 51 heavy (non-hydrogen) atoms. The number of methoxy groups -OCH3 is 1. The van der Waals surface area contributed by atoms with Crippen molar-refractivity contribution >= 4 is 23.3 Å². The summed E-state index contributed by atoms with van der Waals surface area (Å²) in [6, 6.07) is 11.7. The van der Waals surface area contributed by atoms with Crippen LogP contribution in [0.5, 0.6) is 11.5 Å². The number of nitrogens with zero attached hydrogens (tertiary/aromatic N) is 2. The molecule has 2 aromatic rings. The van der Waals surface area contributed by atoms with Crippen molar-refractivity contribution < 1.29 is 28.8 Å². The van der Waals surface area contributed by atoms with E-state index in [1.165, 1.54) is 11.1 Å². The summed E-state index contributed by atoms with van der Waals surface area (Å²) in [5, 5.41) is 10.6. The van der Waals surface area contributed by atoms with Crippen LogP contribution in [0.25, 0.3) is 11.5 Å².